The molecule has 0 radical (unpaired) electrons. The first-order valence-corrected chi connectivity index (χ1v) is 6.81. The molecule has 0 spiro atoms. The number of carbonyl (C=O) groups excluding carboxylic acids is 1. The van der Waals surface area contributed by atoms with Crippen molar-refractivity contribution in [1.29, 1.82) is 0 Å². The van der Waals surface area contributed by atoms with Crippen LogP contribution in [0.2, 0.25) is 10.0 Å². The summed E-state index contributed by atoms with van der Waals surface area (Å²) >= 11 is 11.9. The predicted octanol–water partition coefficient (Wildman–Crippen LogP) is 4.95. The van der Waals surface area contributed by atoms with Gasteiger partial charge >= 0.3 is 0 Å². The Morgan fingerprint density at radius 3 is 2.65 bits per heavy atom. The standard InChI is InChI=1S/C16H13Cl2NO/c1-11-6-8-13(17)10-15(11)19-16(20)9-7-12-4-2-3-5-14(12)18/h2-10H,1H3,(H,19,20)/b9-7+. The smallest absolute Gasteiger partial charge is 0.248 e. The van der Waals surface area contributed by atoms with Crippen molar-refractivity contribution in [2.75, 3.05) is 5.32 Å². The molecule has 0 saturated carbocycles. The van der Waals surface area contributed by atoms with Crippen molar-refractivity contribution in [3.8, 4) is 0 Å². The molecule has 0 aromatic heterocycles. The average Bonchev–Trinajstić information content (AvgIpc) is 2.42. The molecule has 4 heteroatoms. The maximum atomic E-state index is 11.9. The Morgan fingerprint density at radius 2 is 1.90 bits per heavy atom. The largest absolute Gasteiger partial charge is 0.322 e. The van der Waals surface area contributed by atoms with Gasteiger partial charge in [-0.05, 0) is 42.3 Å². The van der Waals surface area contributed by atoms with Gasteiger partial charge in [0.15, 0.2) is 0 Å². The summed E-state index contributed by atoms with van der Waals surface area (Å²) in [4.78, 5) is 11.9. The second-order valence-corrected chi connectivity index (χ2v) is 5.15. The third kappa shape index (κ3) is 3.86. The lowest BCUT2D eigenvalue weighted by Crippen LogP contribution is -2.08. The van der Waals surface area contributed by atoms with E-state index in [1.165, 1.54) is 6.08 Å². The van der Waals surface area contributed by atoms with Gasteiger partial charge in [0, 0.05) is 21.8 Å². The number of aryl methyl sites for hydroxylation is 1. The monoisotopic (exact) mass is 305 g/mol. The molecule has 2 aromatic rings. The van der Waals surface area contributed by atoms with Gasteiger partial charge in [0.05, 0.1) is 0 Å². The Balaban J connectivity index is 2.10. The van der Waals surface area contributed by atoms with Gasteiger partial charge in [0.1, 0.15) is 0 Å². The zero-order valence-corrected chi connectivity index (χ0v) is 12.4. The van der Waals surface area contributed by atoms with Gasteiger partial charge < -0.3 is 5.32 Å². The summed E-state index contributed by atoms with van der Waals surface area (Å²) in [5.74, 6) is -0.227. The normalized spacial score (nSPS) is 10.8. The van der Waals surface area contributed by atoms with Gasteiger partial charge in [-0.1, -0.05) is 47.5 Å². The summed E-state index contributed by atoms with van der Waals surface area (Å²) in [6.45, 7) is 1.91. The molecule has 20 heavy (non-hydrogen) atoms. The SMILES string of the molecule is Cc1ccc(Cl)cc1NC(=O)/C=C/c1ccccc1Cl. The molecule has 0 saturated heterocycles. The van der Waals surface area contributed by atoms with Crippen LogP contribution in [-0.4, -0.2) is 5.91 Å². The number of benzene rings is 2. The zero-order valence-electron chi connectivity index (χ0n) is 10.9. The van der Waals surface area contributed by atoms with Crippen LogP contribution < -0.4 is 5.32 Å². The minimum absolute atomic E-state index is 0.227. The summed E-state index contributed by atoms with van der Waals surface area (Å²) in [6, 6.07) is 12.7. The summed E-state index contributed by atoms with van der Waals surface area (Å²) in [5, 5.41) is 3.98. The van der Waals surface area contributed by atoms with Crippen LogP contribution in [0.25, 0.3) is 6.08 Å². The van der Waals surface area contributed by atoms with Crippen LogP contribution >= 0.6 is 23.2 Å². The van der Waals surface area contributed by atoms with Crippen LogP contribution in [0.4, 0.5) is 5.69 Å². The van der Waals surface area contributed by atoms with Crippen molar-refractivity contribution >= 4 is 40.9 Å². The number of halogens is 2. The van der Waals surface area contributed by atoms with Crippen LogP contribution in [0.15, 0.2) is 48.5 Å². The molecular formula is C16H13Cl2NO. The lowest BCUT2D eigenvalue weighted by molar-refractivity contribution is -0.111. The first-order chi connectivity index (χ1) is 9.56. The Labute approximate surface area is 128 Å². The van der Waals surface area contributed by atoms with Crippen LogP contribution in [0, 0.1) is 6.92 Å². The van der Waals surface area contributed by atoms with Gasteiger partial charge in [-0.3, -0.25) is 4.79 Å². The van der Waals surface area contributed by atoms with E-state index in [1.54, 1.807) is 24.3 Å². The van der Waals surface area contributed by atoms with Crippen LogP contribution in [-0.2, 0) is 4.79 Å². The van der Waals surface area contributed by atoms with E-state index < -0.39 is 0 Å². The number of amides is 1. The molecular weight excluding hydrogens is 293 g/mol. The van der Waals surface area contributed by atoms with E-state index in [0.29, 0.717) is 15.7 Å². The van der Waals surface area contributed by atoms with E-state index >= 15 is 0 Å². The first-order valence-electron chi connectivity index (χ1n) is 6.06. The maximum absolute atomic E-state index is 11.9. The fraction of sp³-hybridized carbons (Fsp3) is 0.0625. The fourth-order valence-corrected chi connectivity index (χ4v) is 2.05. The Morgan fingerprint density at radius 1 is 1.15 bits per heavy atom. The highest BCUT2D eigenvalue weighted by Gasteiger charge is 2.03. The molecule has 0 aliphatic rings. The van der Waals surface area contributed by atoms with Gasteiger partial charge in [0.2, 0.25) is 5.91 Å². The predicted molar refractivity (Wildman–Crippen MR) is 85.3 cm³/mol. The average molecular weight is 306 g/mol. The lowest BCUT2D eigenvalue weighted by Gasteiger charge is -2.06. The molecule has 0 bridgehead atoms. The van der Waals surface area contributed by atoms with Crippen LogP contribution in [0.3, 0.4) is 0 Å². The molecule has 2 aromatic carbocycles. The molecule has 1 N–H and O–H groups in total. The number of carbonyl (C=O) groups is 1. The van der Waals surface area contributed by atoms with Gasteiger partial charge in [-0.25, -0.2) is 0 Å². The number of rotatable bonds is 3. The minimum atomic E-state index is -0.227. The third-order valence-electron chi connectivity index (χ3n) is 2.78. The molecule has 0 heterocycles. The summed E-state index contributed by atoms with van der Waals surface area (Å²) in [7, 11) is 0. The highest BCUT2D eigenvalue weighted by atomic mass is 35.5. The fourth-order valence-electron chi connectivity index (χ4n) is 1.68. The Bertz CT molecular complexity index is 665. The summed E-state index contributed by atoms with van der Waals surface area (Å²) in [5.41, 5.74) is 2.45. The first kappa shape index (κ1) is 14.6. The number of hydrogen-bond donors (Lipinski definition) is 1. The molecule has 0 fully saturated rings. The van der Waals surface area contributed by atoms with Crippen molar-refractivity contribution in [1.82, 2.24) is 0 Å². The molecule has 1 amide bonds. The van der Waals surface area contributed by atoms with Crippen molar-refractivity contribution in [3.05, 3.63) is 69.7 Å². The second kappa shape index (κ2) is 6.60. The van der Waals surface area contributed by atoms with Crippen molar-refractivity contribution in [2.24, 2.45) is 0 Å². The Hall–Kier alpha value is -1.77. The molecule has 0 atom stereocenters. The molecule has 102 valence electrons. The van der Waals surface area contributed by atoms with E-state index in [2.05, 4.69) is 5.32 Å². The number of nitrogens with one attached hydrogen (secondary N) is 1. The number of anilines is 1. The summed E-state index contributed by atoms with van der Waals surface area (Å²) in [6.07, 6.45) is 3.12. The van der Waals surface area contributed by atoms with E-state index in [-0.39, 0.29) is 5.91 Å². The van der Waals surface area contributed by atoms with E-state index in [0.717, 1.165) is 11.1 Å². The molecule has 0 unspecified atom stereocenters. The second-order valence-electron chi connectivity index (χ2n) is 4.30. The van der Waals surface area contributed by atoms with Crippen molar-refractivity contribution in [2.45, 2.75) is 6.92 Å². The molecule has 0 aliphatic carbocycles. The number of hydrogen-bond acceptors (Lipinski definition) is 1. The van der Waals surface area contributed by atoms with Crippen LogP contribution in [0.1, 0.15) is 11.1 Å². The van der Waals surface area contributed by atoms with Gasteiger partial charge in [-0.15, -0.1) is 0 Å². The third-order valence-corrected chi connectivity index (χ3v) is 3.36. The zero-order chi connectivity index (χ0) is 14.5. The molecule has 2 nitrogen and oxygen atoms in total. The topological polar surface area (TPSA) is 29.1 Å². The highest BCUT2D eigenvalue weighted by molar-refractivity contribution is 6.32. The molecule has 0 aliphatic heterocycles. The van der Waals surface area contributed by atoms with Crippen LogP contribution in [0.5, 0.6) is 0 Å². The van der Waals surface area contributed by atoms with E-state index in [4.69, 9.17) is 23.2 Å². The van der Waals surface area contributed by atoms with Crippen molar-refractivity contribution < 1.29 is 4.79 Å². The maximum Gasteiger partial charge on any atom is 0.248 e. The van der Waals surface area contributed by atoms with Gasteiger partial charge in [-0.2, -0.15) is 0 Å². The van der Waals surface area contributed by atoms with E-state index in [9.17, 15) is 4.79 Å². The van der Waals surface area contributed by atoms with Crippen molar-refractivity contribution in [3.63, 3.8) is 0 Å². The van der Waals surface area contributed by atoms with E-state index in [1.807, 2.05) is 31.2 Å². The minimum Gasteiger partial charge on any atom is -0.322 e. The summed E-state index contributed by atoms with van der Waals surface area (Å²) < 4.78 is 0. The van der Waals surface area contributed by atoms with Gasteiger partial charge in [0.25, 0.3) is 0 Å². The quantitative estimate of drug-likeness (QED) is 0.798. The Kier molecular flexibility index (Phi) is 4.83. The lowest BCUT2D eigenvalue weighted by atomic mass is 10.2. The highest BCUT2D eigenvalue weighted by Crippen LogP contribution is 2.20. The molecule has 2 rings (SSSR count).